The third kappa shape index (κ3) is 2.92. The monoisotopic (exact) mass is 203 g/mol. The Morgan fingerprint density at radius 2 is 2.21 bits per heavy atom. The van der Waals surface area contributed by atoms with Gasteiger partial charge in [-0.15, -0.1) is 0 Å². The minimum Gasteiger partial charge on any atom is -0.394 e. The van der Waals surface area contributed by atoms with Crippen molar-refractivity contribution in [1.82, 2.24) is 0 Å². The van der Waals surface area contributed by atoms with Gasteiger partial charge in [-0.05, 0) is 18.3 Å². The van der Waals surface area contributed by atoms with Gasteiger partial charge in [0.25, 0.3) is 0 Å². The van der Waals surface area contributed by atoms with Crippen LogP contribution in [0.3, 0.4) is 0 Å². The molecule has 1 aliphatic heterocycles. The molecule has 1 heterocycles. The maximum absolute atomic E-state index is 9.17. The number of hydrogen-bond donors (Lipinski definition) is 2. The summed E-state index contributed by atoms with van der Waals surface area (Å²) in [4.78, 5) is 0. The van der Waals surface area contributed by atoms with Gasteiger partial charge in [0.2, 0.25) is 0 Å². The normalized spacial score (nSPS) is 39.4. The van der Waals surface area contributed by atoms with E-state index in [1.807, 2.05) is 0 Å². The highest BCUT2D eigenvalue weighted by molar-refractivity contribution is 4.80. The summed E-state index contributed by atoms with van der Waals surface area (Å²) in [5.41, 5.74) is 5.36. The van der Waals surface area contributed by atoms with E-state index in [9.17, 15) is 5.11 Å². The zero-order chi connectivity index (χ0) is 10.6. The number of nitrogens with two attached hydrogens (primary N) is 1. The second-order valence-electron chi connectivity index (χ2n) is 4.17. The van der Waals surface area contributed by atoms with Gasteiger partial charge < -0.3 is 20.3 Å². The third-order valence-electron chi connectivity index (χ3n) is 2.76. The third-order valence-corrected chi connectivity index (χ3v) is 2.76. The molecule has 0 aromatic heterocycles. The molecule has 1 rings (SSSR count). The van der Waals surface area contributed by atoms with Crippen molar-refractivity contribution in [3.8, 4) is 0 Å². The molecule has 84 valence electrons. The van der Waals surface area contributed by atoms with Crippen LogP contribution in [0.5, 0.6) is 0 Å². The van der Waals surface area contributed by atoms with Gasteiger partial charge in [0.1, 0.15) is 6.10 Å². The Balaban J connectivity index is 2.62. The van der Waals surface area contributed by atoms with Crippen molar-refractivity contribution < 1.29 is 14.6 Å². The average molecular weight is 203 g/mol. The molecular weight excluding hydrogens is 182 g/mol. The molecule has 4 nitrogen and oxygen atoms in total. The molecule has 2 unspecified atom stereocenters. The molecule has 0 radical (unpaired) electrons. The molecule has 0 amide bonds. The van der Waals surface area contributed by atoms with Crippen molar-refractivity contribution in [2.24, 2.45) is 17.6 Å². The summed E-state index contributed by atoms with van der Waals surface area (Å²) >= 11 is 0. The first-order chi connectivity index (χ1) is 6.69. The van der Waals surface area contributed by atoms with Crippen LogP contribution in [-0.2, 0) is 9.47 Å². The van der Waals surface area contributed by atoms with E-state index in [4.69, 9.17) is 15.2 Å². The smallest absolute Gasteiger partial charge is 0.107 e. The number of aliphatic hydroxyl groups is 1. The summed E-state index contributed by atoms with van der Waals surface area (Å²) < 4.78 is 11.0. The van der Waals surface area contributed by atoms with E-state index in [-0.39, 0.29) is 25.5 Å². The second kappa shape index (κ2) is 5.66. The minimum absolute atomic E-state index is 0.00171. The Labute approximate surface area is 85.4 Å². The molecule has 1 aliphatic rings. The molecule has 4 atom stereocenters. The number of hydrogen-bond acceptors (Lipinski definition) is 4. The Hall–Kier alpha value is -0.160. The van der Waals surface area contributed by atoms with Gasteiger partial charge in [-0.25, -0.2) is 0 Å². The second-order valence-corrected chi connectivity index (χ2v) is 4.17. The number of rotatable bonds is 3. The Kier molecular flexibility index (Phi) is 4.81. The van der Waals surface area contributed by atoms with Gasteiger partial charge in [0, 0.05) is 6.61 Å². The summed E-state index contributed by atoms with van der Waals surface area (Å²) in [6.07, 6.45) is 0.759. The topological polar surface area (TPSA) is 64.7 Å². The van der Waals surface area contributed by atoms with E-state index in [0.717, 1.165) is 6.42 Å². The molecule has 1 fully saturated rings. The van der Waals surface area contributed by atoms with Gasteiger partial charge in [-0.2, -0.15) is 0 Å². The van der Waals surface area contributed by atoms with E-state index >= 15 is 0 Å². The zero-order valence-electron chi connectivity index (χ0n) is 8.98. The Morgan fingerprint density at radius 1 is 1.50 bits per heavy atom. The zero-order valence-corrected chi connectivity index (χ0v) is 8.98. The summed E-state index contributed by atoms with van der Waals surface area (Å²) in [7, 11) is 0. The molecule has 0 bridgehead atoms. The first-order valence-corrected chi connectivity index (χ1v) is 5.23. The highest BCUT2D eigenvalue weighted by atomic mass is 16.6. The fourth-order valence-corrected chi connectivity index (χ4v) is 2.13. The first-order valence-electron chi connectivity index (χ1n) is 5.23. The van der Waals surface area contributed by atoms with Gasteiger partial charge in [0.05, 0.1) is 19.4 Å². The summed E-state index contributed by atoms with van der Waals surface area (Å²) in [5, 5.41) is 9.17. The van der Waals surface area contributed by atoms with Crippen LogP contribution in [0.4, 0.5) is 0 Å². The maximum Gasteiger partial charge on any atom is 0.107 e. The largest absolute Gasteiger partial charge is 0.394 e. The van der Waals surface area contributed by atoms with Crippen LogP contribution < -0.4 is 5.73 Å². The molecule has 0 aromatic rings. The Bertz CT molecular complexity index is 165. The Morgan fingerprint density at radius 3 is 2.79 bits per heavy atom. The van der Waals surface area contributed by atoms with Crippen LogP contribution in [0.2, 0.25) is 0 Å². The molecule has 0 spiro atoms. The fourth-order valence-electron chi connectivity index (χ4n) is 2.13. The van der Waals surface area contributed by atoms with Crippen molar-refractivity contribution in [3.63, 3.8) is 0 Å². The van der Waals surface area contributed by atoms with E-state index < -0.39 is 0 Å². The maximum atomic E-state index is 9.17. The van der Waals surface area contributed by atoms with Gasteiger partial charge in [-0.1, -0.05) is 13.8 Å². The highest BCUT2D eigenvalue weighted by Gasteiger charge is 2.32. The van der Waals surface area contributed by atoms with Crippen LogP contribution in [0.25, 0.3) is 0 Å². The van der Waals surface area contributed by atoms with E-state index in [1.165, 1.54) is 0 Å². The molecule has 3 N–H and O–H groups in total. The standard InChI is InChI=1S/C10H21NO3/c1-7-3-8(2)10(14-6-11)9(4-12)13-5-7/h7-10,12H,3-6,11H2,1-2H3/t7?,8?,9-,10+/m1/s1. The van der Waals surface area contributed by atoms with Gasteiger partial charge in [0.15, 0.2) is 0 Å². The molecule has 0 saturated carbocycles. The first kappa shape index (κ1) is 11.9. The van der Waals surface area contributed by atoms with Crippen molar-refractivity contribution in [2.75, 3.05) is 19.9 Å². The van der Waals surface area contributed by atoms with Crippen molar-refractivity contribution in [3.05, 3.63) is 0 Å². The number of ether oxygens (including phenoxy) is 2. The fraction of sp³-hybridized carbons (Fsp3) is 1.00. The van der Waals surface area contributed by atoms with E-state index in [2.05, 4.69) is 13.8 Å². The average Bonchev–Trinajstić information content (AvgIpc) is 2.28. The van der Waals surface area contributed by atoms with E-state index in [0.29, 0.717) is 18.4 Å². The molecule has 4 heteroatoms. The van der Waals surface area contributed by atoms with E-state index in [1.54, 1.807) is 0 Å². The van der Waals surface area contributed by atoms with Crippen LogP contribution in [-0.4, -0.2) is 37.3 Å². The lowest BCUT2D eigenvalue weighted by Gasteiger charge is -2.27. The lowest BCUT2D eigenvalue weighted by atomic mass is 9.92. The summed E-state index contributed by atoms with van der Waals surface area (Å²) in [6.45, 7) is 5.15. The quantitative estimate of drug-likeness (QED) is 0.649. The lowest BCUT2D eigenvalue weighted by molar-refractivity contribution is -0.0984. The van der Waals surface area contributed by atoms with Crippen molar-refractivity contribution >= 4 is 0 Å². The molecule has 0 aromatic carbocycles. The number of aliphatic hydroxyl groups excluding tert-OH is 1. The summed E-state index contributed by atoms with van der Waals surface area (Å²) in [5.74, 6) is 0.902. The predicted octanol–water partition coefficient (Wildman–Crippen LogP) is 0.341. The van der Waals surface area contributed by atoms with Crippen LogP contribution in [0.15, 0.2) is 0 Å². The summed E-state index contributed by atoms with van der Waals surface area (Å²) in [6, 6.07) is 0. The molecular formula is C10H21NO3. The lowest BCUT2D eigenvalue weighted by Crippen LogP contribution is -2.39. The van der Waals surface area contributed by atoms with Crippen LogP contribution in [0, 0.1) is 11.8 Å². The van der Waals surface area contributed by atoms with Gasteiger partial charge >= 0.3 is 0 Å². The van der Waals surface area contributed by atoms with Crippen molar-refractivity contribution in [1.29, 1.82) is 0 Å². The van der Waals surface area contributed by atoms with Crippen LogP contribution in [0.1, 0.15) is 20.3 Å². The van der Waals surface area contributed by atoms with Crippen molar-refractivity contribution in [2.45, 2.75) is 32.5 Å². The molecule has 14 heavy (non-hydrogen) atoms. The minimum atomic E-state index is -0.224. The predicted molar refractivity (Wildman–Crippen MR) is 53.7 cm³/mol. The molecule has 1 saturated heterocycles. The SMILES string of the molecule is CC1CO[C@H](CO)[C@@H](OCN)C(C)C1. The highest BCUT2D eigenvalue weighted by Crippen LogP contribution is 2.25. The van der Waals surface area contributed by atoms with Crippen LogP contribution >= 0.6 is 0 Å². The van der Waals surface area contributed by atoms with Gasteiger partial charge in [-0.3, -0.25) is 0 Å². The molecule has 0 aliphatic carbocycles.